The number of para-hydroxylation sites is 1. The number of amides is 2. The maximum Gasteiger partial charge on any atom is 0.405 e. The lowest BCUT2D eigenvalue weighted by Gasteiger charge is -2.32. The number of hydrogen-bond donors (Lipinski definition) is 2. The van der Waals surface area contributed by atoms with Gasteiger partial charge in [-0.1, -0.05) is 12.1 Å². The number of hydrogen-bond acceptors (Lipinski definition) is 7. The molecule has 1 aromatic carbocycles. The molecular formula is C13H11F3N6O4S. The molecule has 0 fully saturated rings. The summed E-state index contributed by atoms with van der Waals surface area (Å²) in [6, 6.07) is 5.53. The van der Waals surface area contributed by atoms with E-state index in [4.69, 9.17) is 5.73 Å². The SMILES string of the molecule is NC(=O)C1=NC2=NS(=O)(=O)c3ccccc3N2N1CC(=O)NCC(F)(F)F. The molecule has 0 spiro atoms. The fourth-order valence-corrected chi connectivity index (χ4v) is 3.53. The minimum Gasteiger partial charge on any atom is -0.363 e. The number of nitrogens with zero attached hydrogens (tertiary/aromatic N) is 4. The zero-order valence-electron chi connectivity index (χ0n) is 13.3. The number of halogens is 3. The first-order valence-electron chi connectivity index (χ1n) is 7.23. The van der Waals surface area contributed by atoms with Crippen molar-refractivity contribution in [3.8, 4) is 0 Å². The molecule has 2 heterocycles. The van der Waals surface area contributed by atoms with Crippen LogP contribution in [0.5, 0.6) is 0 Å². The van der Waals surface area contributed by atoms with E-state index in [2.05, 4.69) is 9.39 Å². The second-order valence-electron chi connectivity index (χ2n) is 5.40. The zero-order valence-corrected chi connectivity index (χ0v) is 14.1. The van der Waals surface area contributed by atoms with Crippen LogP contribution < -0.4 is 16.1 Å². The number of carbonyl (C=O) groups excluding carboxylic acids is 2. The number of nitrogens with two attached hydrogens (primary N) is 1. The maximum absolute atomic E-state index is 12.3. The third-order valence-electron chi connectivity index (χ3n) is 3.45. The molecule has 27 heavy (non-hydrogen) atoms. The van der Waals surface area contributed by atoms with E-state index in [9.17, 15) is 31.2 Å². The molecule has 2 aliphatic rings. The van der Waals surface area contributed by atoms with Crippen LogP contribution >= 0.6 is 0 Å². The van der Waals surface area contributed by atoms with Gasteiger partial charge in [0.1, 0.15) is 18.0 Å². The smallest absolute Gasteiger partial charge is 0.363 e. The average molecular weight is 404 g/mol. The Kier molecular flexibility index (Phi) is 4.29. The summed E-state index contributed by atoms with van der Waals surface area (Å²) in [6.45, 7) is -2.35. The molecular weight excluding hydrogens is 393 g/mol. The van der Waals surface area contributed by atoms with Crippen LogP contribution in [0.25, 0.3) is 0 Å². The van der Waals surface area contributed by atoms with E-state index in [1.165, 1.54) is 24.3 Å². The number of hydrazine groups is 1. The Labute approximate surface area is 150 Å². The number of fused-ring (bicyclic) bond motifs is 3. The van der Waals surface area contributed by atoms with Gasteiger partial charge in [0.2, 0.25) is 11.7 Å². The highest BCUT2D eigenvalue weighted by Crippen LogP contribution is 2.34. The largest absolute Gasteiger partial charge is 0.405 e. The third kappa shape index (κ3) is 3.55. The van der Waals surface area contributed by atoms with Crippen LogP contribution in [-0.2, 0) is 19.6 Å². The number of nitrogens with one attached hydrogen (secondary N) is 1. The molecule has 0 atom stereocenters. The van der Waals surface area contributed by atoms with Crippen molar-refractivity contribution in [2.45, 2.75) is 11.1 Å². The maximum atomic E-state index is 12.3. The van der Waals surface area contributed by atoms with Crippen molar-refractivity contribution in [2.75, 3.05) is 18.1 Å². The fraction of sp³-hybridized carbons (Fsp3) is 0.231. The van der Waals surface area contributed by atoms with Crippen LogP contribution in [0.3, 0.4) is 0 Å². The van der Waals surface area contributed by atoms with E-state index < -0.39 is 52.9 Å². The van der Waals surface area contributed by atoms with Crippen LogP contribution in [-0.4, -0.2) is 56.3 Å². The standard InChI is InChI=1S/C13H11F3N6O4S/c14-13(15,16)6-18-9(23)5-21-11(10(17)24)19-12-20-27(25,26)8-4-2-1-3-7(8)22(12)21/h1-4H,5-6H2,(H2,17,24)(H,18,23). The van der Waals surface area contributed by atoms with Crippen LogP contribution in [0.1, 0.15) is 0 Å². The first-order valence-corrected chi connectivity index (χ1v) is 8.67. The molecule has 0 aromatic heterocycles. The van der Waals surface area contributed by atoms with Gasteiger partial charge in [-0.2, -0.15) is 26.6 Å². The molecule has 0 radical (unpaired) electrons. The van der Waals surface area contributed by atoms with Crippen molar-refractivity contribution in [2.24, 2.45) is 15.1 Å². The summed E-state index contributed by atoms with van der Waals surface area (Å²) >= 11 is 0. The number of amidine groups is 1. The van der Waals surface area contributed by atoms with Crippen molar-refractivity contribution in [3.05, 3.63) is 24.3 Å². The van der Waals surface area contributed by atoms with E-state index in [1.807, 2.05) is 0 Å². The molecule has 144 valence electrons. The second-order valence-corrected chi connectivity index (χ2v) is 6.97. The monoisotopic (exact) mass is 404 g/mol. The highest BCUT2D eigenvalue weighted by molar-refractivity contribution is 7.90. The van der Waals surface area contributed by atoms with E-state index in [-0.39, 0.29) is 10.6 Å². The molecule has 0 unspecified atom stereocenters. The van der Waals surface area contributed by atoms with Crippen molar-refractivity contribution in [3.63, 3.8) is 0 Å². The number of carbonyl (C=O) groups is 2. The zero-order chi connectivity index (χ0) is 20.0. The van der Waals surface area contributed by atoms with Crippen LogP contribution in [0.4, 0.5) is 18.9 Å². The highest BCUT2D eigenvalue weighted by atomic mass is 32.2. The predicted molar refractivity (Wildman–Crippen MR) is 85.9 cm³/mol. The van der Waals surface area contributed by atoms with E-state index >= 15 is 0 Å². The summed E-state index contributed by atoms with van der Waals surface area (Å²) in [5.74, 6) is -3.20. The summed E-state index contributed by atoms with van der Waals surface area (Å²) in [7, 11) is -4.12. The summed E-state index contributed by atoms with van der Waals surface area (Å²) in [5.41, 5.74) is 5.21. The molecule has 0 aliphatic carbocycles. The molecule has 14 heteroatoms. The van der Waals surface area contributed by atoms with Crippen LogP contribution in [0.15, 0.2) is 38.6 Å². The Morgan fingerprint density at radius 2 is 1.89 bits per heavy atom. The first kappa shape index (κ1) is 18.6. The van der Waals surface area contributed by atoms with Gasteiger partial charge in [0, 0.05) is 0 Å². The number of rotatable bonds is 4. The number of sulfonamides is 1. The number of aliphatic imine (C=N–C) groups is 1. The fourth-order valence-electron chi connectivity index (χ4n) is 2.42. The molecule has 1 aromatic rings. The number of anilines is 1. The van der Waals surface area contributed by atoms with Gasteiger partial charge in [0.15, 0.2) is 0 Å². The van der Waals surface area contributed by atoms with E-state index in [0.717, 1.165) is 10.0 Å². The van der Waals surface area contributed by atoms with Crippen LogP contribution in [0.2, 0.25) is 0 Å². The summed E-state index contributed by atoms with van der Waals surface area (Å²) in [5, 5.41) is 3.54. The van der Waals surface area contributed by atoms with Gasteiger partial charge in [-0.25, -0.2) is 10.0 Å². The number of alkyl halides is 3. The Hall–Kier alpha value is -3.16. The Bertz CT molecular complexity index is 988. The topological polar surface area (TPSA) is 138 Å². The highest BCUT2D eigenvalue weighted by Gasteiger charge is 2.42. The third-order valence-corrected chi connectivity index (χ3v) is 4.76. The van der Waals surface area contributed by atoms with Gasteiger partial charge in [-0.15, -0.1) is 4.40 Å². The minimum atomic E-state index is -4.63. The summed E-state index contributed by atoms with van der Waals surface area (Å²) < 4.78 is 64.7. The molecule has 0 saturated heterocycles. The van der Waals surface area contributed by atoms with Gasteiger partial charge in [-0.3, -0.25) is 9.59 Å². The number of primary amides is 1. The lowest BCUT2D eigenvalue weighted by atomic mass is 10.3. The number of guanidine groups is 1. The minimum absolute atomic E-state index is 0.0196. The summed E-state index contributed by atoms with van der Waals surface area (Å²) in [6.07, 6.45) is -4.63. The van der Waals surface area contributed by atoms with Crippen molar-refractivity contribution in [1.82, 2.24) is 10.3 Å². The van der Waals surface area contributed by atoms with Gasteiger partial charge >= 0.3 is 6.18 Å². The molecule has 10 nitrogen and oxygen atoms in total. The van der Waals surface area contributed by atoms with Crippen molar-refractivity contribution < 1.29 is 31.2 Å². The van der Waals surface area contributed by atoms with Gasteiger partial charge < -0.3 is 11.1 Å². The van der Waals surface area contributed by atoms with Crippen LogP contribution in [0, 0.1) is 0 Å². The normalized spacial score (nSPS) is 17.6. The Morgan fingerprint density at radius 1 is 1.22 bits per heavy atom. The molecule has 3 N–H and O–H groups in total. The predicted octanol–water partition coefficient (Wildman–Crippen LogP) is -0.656. The van der Waals surface area contributed by atoms with Crippen molar-refractivity contribution in [1.29, 1.82) is 0 Å². The molecule has 0 saturated carbocycles. The second kappa shape index (κ2) is 6.22. The Morgan fingerprint density at radius 3 is 2.52 bits per heavy atom. The number of benzene rings is 1. The molecule has 2 aliphatic heterocycles. The molecule has 0 bridgehead atoms. The lowest BCUT2D eigenvalue weighted by Crippen LogP contribution is -2.53. The molecule has 2 amide bonds. The lowest BCUT2D eigenvalue weighted by molar-refractivity contribution is -0.138. The average Bonchev–Trinajstić information content (AvgIpc) is 2.90. The first-order chi connectivity index (χ1) is 12.5. The summed E-state index contributed by atoms with van der Waals surface area (Å²) in [4.78, 5) is 27.0. The molecule has 3 rings (SSSR count). The van der Waals surface area contributed by atoms with E-state index in [1.54, 1.807) is 5.32 Å². The Balaban J connectivity index is 1.97. The quantitative estimate of drug-likeness (QED) is 0.684. The van der Waals surface area contributed by atoms with Gasteiger partial charge in [0.25, 0.3) is 21.9 Å². The van der Waals surface area contributed by atoms with Gasteiger partial charge in [-0.05, 0) is 12.1 Å². The van der Waals surface area contributed by atoms with E-state index in [0.29, 0.717) is 0 Å². The van der Waals surface area contributed by atoms with Crippen molar-refractivity contribution >= 4 is 39.3 Å². The van der Waals surface area contributed by atoms with Gasteiger partial charge in [0.05, 0.1) is 5.69 Å².